The first-order valence-electron chi connectivity index (χ1n) is 14.6. The second-order valence-electron chi connectivity index (χ2n) is 11.2. The van der Waals surface area contributed by atoms with Crippen molar-refractivity contribution in [1.29, 1.82) is 0 Å². The van der Waals surface area contributed by atoms with Gasteiger partial charge in [0.05, 0.1) is 20.6 Å². The molecule has 0 spiro atoms. The Morgan fingerprint density at radius 1 is 0.629 bits per heavy atom. The van der Waals surface area contributed by atoms with E-state index in [2.05, 4.69) is 94.3 Å². The van der Waals surface area contributed by atoms with E-state index in [0.29, 0.717) is 0 Å². The van der Waals surface area contributed by atoms with Gasteiger partial charge in [0.15, 0.2) is 0 Å². The van der Waals surface area contributed by atoms with Crippen LogP contribution < -0.4 is 0 Å². The topological polar surface area (TPSA) is 0 Å². The van der Waals surface area contributed by atoms with Gasteiger partial charge >= 0.3 is 0 Å². The maximum Gasteiger partial charge on any atom is 0.147 e. The molecule has 0 radical (unpaired) electrons. The SMILES string of the molecule is C=CC(Cc1ccccc1)(c1ccccc1)[N+](C)(C)CCCCCCCCCCCCCCCC. The fourth-order valence-electron chi connectivity index (χ4n) is 5.64. The van der Waals surface area contributed by atoms with Crippen LogP contribution in [0.25, 0.3) is 0 Å². The van der Waals surface area contributed by atoms with Crippen molar-refractivity contribution >= 4 is 0 Å². The number of benzene rings is 2. The average molecular weight is 477 g/mol. The van der Waals surface area contributed by atoms with Gasteiger partial charge in [-0.05, 0) is 24.5 Å². The van der Waals surface area contributed by atoms with Crippen LogP contribution in [0.2, 0.25) is 0 Å². The molecule has 0 aliphatic heterocycles. The van der Waals surface area contributed by atoms with Gasteiger partial charge in [0.25, 0.3) is 0 Å². The summed E-state index contributed by atoms with van der Waals surface area (Å²) in [6.07, 6.45) is 22.9. The number of quaternary nitrogens is 1. The average Bonchev–Trinajstić information content (AvgIpc) is 2.88. The fourth-order valence-corrected chi connectivity index (χ4v) is 5.64. The van der Waals surface area contributed by atoms with Crippen LogP contribution in [0.5, 0.6) is 0 Å². The van der Waals surface area contributed by atoms with Crippen molar-refractivity contribution in [2.24, 2.45) is 0 Å². The molecule has 0 aromatic heterocycles. The molecule has 1 heteroatoms. The highest BCUT2D eigenvalue weighted by Gasteiger charge is 2.44. The number of hydrogen-bond acceptors (Lipinski definition) is 0. The van der Waals surface area contributed by atoms with Gasteiger partial charge in [-0.15, -0.1) is 0 Å². The number of likely N-dealkylation sites (N-methyl/N-ethyl adjacent to an activating group) is 1. The predicted molar refractivity (Wildman–Crippen MR) is 156 cm³/mol. The van der Waals surface area contributed by atoms with Gasteiger partial charge in [0, 0.05) is 12.0 Å². The molecule has 0 aliphatic carbocycles. The fraction of sp³-hybridized carbons (Fsp3) is 0.588. The Morgan fingerprint density at radius 3 is 1.51 bits per heavy atom. The highest BCUT2D eigenvalue weighted by Crippen LogP contribution is 2.38. The summed E-state index contributed by atoms with van der Waals surface area (Å²) in [6.45, 7) is 7.84. The van der Waals surface area contributed by atoms with E-state index in [0.717, 1.165) is 10.9 Å². The van der Waals surface area contributed by atoms with Crippen LogP contribution in [-0.2, 0) is 12.0 Å². The van der Waals surface area contributed by atoms with E-state index in [9.17, 15) is 0 Å². The summed E-state index contributed by atoms with van der Waals surface area (Å²) in [7, 11) is 4.81. The normalized spacial score (nSPS) is 13.5. The molecule has 35 heavy (non-hydrogen) atoms. The molecule has 0 amide bonds. The van der Waals surface area contributed by atoms with Crippen molar-refractivity contribution in [2.75, 3.05) is 20.6 Å². The first-order valence-corrected chi connectivity index (χ1v) is 14.6. The van der Waals surface area contributed by atoms with Gasteiger partial charge in [-0.3, -0.25) is 0 Å². The summed E-state index contributed by atoms with van der Waals surface area (Å²) in [5.74, 6) is 0. The molecule has 2 rings (SSSR count). The summed E-state index contributed by atoms with van der Waals surface area (Å²) in [5.41, 5.74) is 2.62. The molecule has 194 valence electrons. The minimum Gasteiger partial charge on any atom is -0.316 e. The van der Waals surface area contributed by atoms with Crippen molar-refractivity contribution in [3.05, 3.63) is 84.4 Å². The third-order valence-corrected chi connectivity index (χ3v) is 8.08. The minimum atomic E-state index is -0.126. The molecule has 0 saturated carbocycles. The Morgan fingerprint density at radius 2 is 1.06 bits per heavy atom. The van der Waals surface area contributed by atoms with Gasteiger partial charge in [-0.25, -0.2) is 0 Å². The summed E-state index contributed by atoms with van der Waals surface area (Å²) in [4.78, 5) is 0. The molecule has 2 aromatic carbocycles. The molecular formula is C34H54N+. The Kier molecular flexibility index (Phi) is 14.1. The predicted octanol–water partition coefficient (Wildman–Crippen LogP) is 9.87. The maximum atomic E-state index is 4.37. The highest BCUT2D eigenvalue weighted by atomic mass is 15.4. The third kappa shape index (κ3) is 9.96. The van der Waals surface area contributed by atoms with Crippen molar-refractivity contribution in [3.8, 4) is 0 Å². The molecule has 1 nitrogen and oxygen atoms in total. The maximum absolute atomic E-state index is 4.37. The van der Waals surface area contributed by atoms with Crippen molar-refractivity contribution in [1.82, 2.24) is 0 Å². The Labute approximate surface area is 218 Å². The van der Waals surface area contributed by atoms with Crippen LogP contribution in [0.1, 0.15) is 108 Å². The molecule has 2 aromatic rings. The molecule has 1 unspecified atom stereocenters. The molecule has 0 saturated heterocycles. The lowest BCUT2D eigenvalue weighted by Gasteiger charge is -2.48. The van der Waals surface area contributed by atoms with Gasteiger partial charge < -0.3 is 4.48 Å². The Balaban J connectivity index is 1.76. The Hall–Kier alpha value is -1.86. The highest BCUT2D eigenvalue weighted by molar-refractivity contribution is 5.31. The van der Waals surface area contributed by atoms with Gasteiger partial charge in [-0.1, -0.05) is 151 Å². The lowest BCUT2D eigenvalue weighted by molar-refractivity contribution is -0.942. The van der Waals surface area contributed by atoms with E-state index >= 15 is 0 Å². The van der Waals surface area contributed by atoms with Crippen molar-refractivity contribution in [3.63, 3.8) is 0 Å². The number of unbranched alkanes of at least 4 members (excludes halogenated alkanes) is 13. The van der Waals surface area contributed by atoms with E-state index in [4.69, 9.17) is 0 Å². The van der Waals surface area contributed by atoms with Gasteiger partial charge in [-0.2, -0.15) is 0 Å². The molecule has 0 N–H and O–H groups in total. The first kappa shape index (κ1) is 29.4. The lowest BCUT2D eigenvalue weighted by atomic mass is 9.80. The molecule has 0 heterocycles. The molecule has 0 aliphatic rings. The van der Waals surface area contributed by atoms with Crippen LogP contribution in [0.4, 0.5) is 0 Å². The molecular weight excluding hydrogens is 422 g/mol. The van der Waals surface area contributed by atoms with Gasteiger partial charge in [0.2, 0.25) is 0 Å². The molecule has 0 bridgehead atoms. The standard InChI is InChI=1S/C34H54N/c1-5-7-8-9-10-11-12-13-14-15-16-17-18-25-30-35(3,4)34(6-2,33-28-23-20-24-29-33)31-32-26-21-19-22-27-32/h6,19-24,26-29H,2,5,7-18,25,30-31H2,1,3-4H3/q+1. The second-order valence-corrected chi connectivity index (χ2v) is 11.2. The minimum absolute atomic E-state index is 0.126. The number of rotatable bonds is 20. The molecule has 0 fully saturated rings. The van der Waals surface area contributed by atoms with Crippen LogP contribution in [-0.4, -0.2) is 25.1 Å². The van der Waals surface area contributed by atoms with Crippen LogP contribution in [0.3, 0.4) is 0 Å². The van der Waals surface area contributed by atoms with E-state index < -0.39 is 0 Å². The number of hydrogen-bond donors (Lipinski definition) is 0. The third-order valence-electron chi connectivity index (χ3n) is 8.08. The van der Waals surface area contributed by atoms with E-state index in [1.165, 1.54) is 108 Å². The number of nitrogens with zero attached hydrogens (tertiary/aromatic N) is 1. The van der Waals surface area contributed by atoms with Crippen LogP contribution in [0, 0.1) is 0 Å². The first-order chi connectivity index (χ1) is 17.1. The van der Waals surface area contributed by atoms with Crippen molar-refractivity contribution < 1.29 is 4.48 Å². The Bertz CT molecular complexity index is 779. The van der Waals surface area contributed by atoms with E-state index in [1.54, 1.807) is 0 Å². The van der Waals surface area contributed by atoms with Crippen LogP contribution >= 0.6 is 0 Å². The largest absolute Gasteiger partial charge is 0.316 e. The quantitative estimate of drug-likeness (QED) is 0.101. The zero-order chi connectivity index (χ0) is 25.2. The molecule has 1 atom stereocenters. The zero-order valence-electron chi connectivity index (χ0n) is 23.3. The summed E-state index contributed by atoms with van der Waals surface area (Å²) < 4.78 is 0.938. The monoisotopic (exact) mass is 476 g/mol. The van der Waals surface area contributed by atoms with Crippen LogP contribution in [0.15, 0.2) is 73.3 Å². The summed E-state index contributed by atoms with van der Waals surface area (Å²) in [5, 5.41) is 0. The second kappa shape index (κ2) is 16.7. The summed E-state index contributed by atoms with van der Waals surface area (Å²) >= 11 is 0. The summed E-state index contributed by atoms with van der Waals surface area (Å²) in [6, 6.07) is 22.0. The smallest absolute Gasteiger partial charge is 0.147 e. The van der Waals surface area contributed by atoms with E-state index in [1.807, 2.05) is 0 Å². The van der Waals surface area contributed by atoms with E-state index in [-0.39, 0.29) is 5.54 Å². The lowest BCUT2D eigenvalue weighted by Crippen LogP contribution is -2.57. The van der Waals surface area contributed by atoms with Gasteiger partial charge in [0.1, 0.15) is 5.54 Å². The zero-order valence-corrected chi connectivity index (χ0v) is 23.3. The van der Waals surface area contributed by atoms with Crippen molar-refractivity contribution in [2.45, 2.75) is 109 Å².